The van der Waals surface area contributed by atoms with Gasteiger partial charge in [0.05, 0.1) is 11.2 Å². The molecule has 2 fully saturated rings. The highest BCUT2D eigenvalue weighted by molar-refractivity contribution is 7.90. The van der Waals surface area contributed by atoms with Crippen LogP contribution in [0.5, 0.6) is 0 Å². The Balaban J connectivity index is 1.51. The maximum Gasteiger partial charge on any atom is 0.231 e. The van der Waals surface area contributed by atoms with Gasteiger partial charge in [0.2, 0.25) is 21.7 Å². The summed E-state index contributed by atoms with van der Waals surface area (Å²) in [5.74, 6) is 1.09. The number of sulfonamides is 1. The third-order valence-corrected chi connectivity index (χ3v) is 6.64. The molecule has 2 aliphatic rings. The van der Waals surface area contributed by atoms with Gasteiger partial charge in [-0.3, -0.25) is 0 Å². The Kier molecular flexibility index (Phi) is 3.27. The van der Waals surface area contributed by atoms with Crippen LogP contribution < -0.4 is 0 Å². The van der Waals surface area contributed by atoms with E-state index in [0.29, 0.717) is 24.8 Å². The van der Waals surface area contributed by atoms with Gasteiger partial charge in [-0.1, -0.05) is 35.5 Å². The zero-order valence-electron chi connectivity index (χ0n) is 12.1. The second kappa shape index (κ2) is 5.17. The largest absolute Gasteiger partial charge is 0.339 e. The smallest absolute Gasteiger partial charge is 0.231 e. The van der Waals surface area contributed by atoms with E-state index in [-0.39, 0.29) is 11.2 Å². The van der Waals surface area contributed by atoms with Crippen LogP contribution in [0.1, 0.15) is 31.1 Å². The van der Waals surface area contributed by atoms with Crippen LogP contribution in [0.3, 0.4) is 0 Å². The van der Waals surface area contributed by atoms with E-state index < -0.39 is 10.0 Å². The summed E-state index contributed by atoms with van der Waals surface area (Å²) in [6, 6.07) is 9.62. The van der Waals surface area contributed by atoms with E-state index in [1.165, 1.54) is 0 Å². The molecule has 1 aromatic heterocycles. The molecule has 0 N–H and O–H groups in total. The first-order chi connectivity index (χ1) is 10.6. The molecule has 1 atom stereocenters. The molecule has 2 aromatic rings. The number of hydrogen-bond donors (Lipinski definition) is 0. The van der Waals surface area contributed by atoms with Crippen molar-refractivity contribution in [3.8, 4) is 11.4 Å². The molecule has 1 aliphatic heterocycles. The molecule has 116 valence electrons. The monoisotopic (exact) mass is 319 g/mol. The summed E-state index contributed by atoms with van der Waals surface area (Å²) in [6.07, 6.45) is 2.33. The van der Waals surface area contributed by atoms with E-state index in [9.17, 15) is 8.42 Å². The second-order valence-corrected chi connectivity index (χ2v) is 8.12. The fourth-order valence-corrected chi connectivity index (χ4v) is 4.74. The van der Waals surface area contributed by atoms with E-state index in [2.05, 4.69) is 10.1 Å². The minimum atomic E-state index is -3.11. The average Bonchev–Trinajstić information content (AvgIpc) is 3.09. The highest BCUT2D eigenvalue weighted by atomic mass is 32.2. The summed E-state index contributed by atoms with van der Waals surface area (Å²) >= 11 is 0. The molecular weight excluding hydrogens is 302 g/mol. The van der Waals surface area contributed by atoms with Crippen molar-refractivity contribution in [2.75, 3.05) is 13.1 Å². The van der Waals surface area contributed by atoms with Gasteiger partial charge in [0.15, 0.2) is 0 Å². The molecule has 0 unspecified atom stereocenters. The molecular formula is C15H17N3O3S. The molecule has 0 bridgehead atoms. The lowest BCUT2D eigenvalue weighted by Crippen LogP contribution is -2.31. The first-order valence-electron chi connectivity index (χ1n) is 7.52. The van der Waals surface area contributed by atoms with Gasteiger partial charge in [-0.05, 0) is 19.3 Å². The van der Waals surface area contributed by atoms with Crippen LogP contribution in [0.2, 0.25) is 0 Å². The first-order valence-corrected chi connectivity index (χ1v) is 9.03. The van der Waals surface area contributed by atoms with Crippen LogP contribution in [0, 0.1) is 0 Å². The molecule has 1 aliphatic carbocycles. The van der Waals surface area contributed by atoms with Crippen molar-refractivity contribution < 1.29 is 12.9 Å². The van der Waals surface area contributed by atoms with Crippen LogP contribution in [-0.4, -0.2) is 41.2 Å². The molecule has 2 heterocycles. The topological polar surface area (TPSA) is 76.3 Å². The lowest BCUT2D eigenvalue weighted by atomic mass is 10.1. The number of hydrogen-bond acceptors (Lipinski definition) is 5. The molecule has 7 heteroatoms. The predicted octanol–water partition coefficient (Wildman–Crippen LogP) is 2.02. The Morgan fingerprint density at radius 1 is 1.14 bits per heavy atom. The summed E-state index contributed by atoms with van der Waals surface area (Å²) in [4.78, 5) is 4.44. The number of aromatic nitrogens is 2. The van der Waals surface area contributed by atoms with Crippen LogP contribution in [0.25, 0.3) is 11.4 Å². The highest BCUT2D eigenvalue weighted by Gasteiger charge is 2.43. The molecule has 0 amide bonds. The summed E-state index contributed by atoms with van der Waals surface area (Å²) in [5.41, 5.74) is 0.901. The summed E-state index contributed by atoms with van der Waals surface area (Å²) in [7, 11) is -3.11. The Morgan fingerprint density at radius 3 is 2.64 bits per heavy atom. The van der Waals surface area contributed by atoms with Gasteiger partial charge in [0, 0.05) is 18.7 Å². The van der Waals surface area contributed by atoms with Crippen molar-refractivity contribution in [3.05, 3.63) is 36.2 Å². The Morgan fingerprint density at radius 2 is 1.91 bits per heavy atom. The molecule has 0 radical (unpaired) electrons. The van der Waals surface area contributed by atoms with E-state index in [1.807, 2.05) is 30.3 Å². The van der Waals surface area contributed by atoms with Crippen molar-refractivity contribution in [3.63, 3.8) is 0 Å². The van der Waals surface area contributed by atoms with Gasteiger partial charge in [0.1, 0.15) is 0 Å². The molecule has 4 rings (SSSR count). The van der Waals surface area contributed by atoms with Crippen molar-refractivity contribution in [2.24, 2.45) is 0 Å². The summed E-state index contributed by atoms with van der Waals surface area (Å²) in [6.45, 7) is 1.00. The van der Waals surface area contributed by atoms with Gasteiger partial charge in [-0.2, -0.15) is 4.98 Å². The minimum Gasteiger partial charge on any atom is -0.339 e. The molecule has 1 aromatic carbocycles. The quantitative estimate of drug-likeness (QED) is 0.861. The van der Waals surface area contributed by atoms with Crippen molar-refractivity contribution in [2.45, 2.75) is 30.4 Å². The standard InChI is InChI=1S/C15H17N3O3S/c19-22(20,13-6-7-13)18-9-8-12(10-18)15-16-14(17-21-15)11-4-2-1-3-5-11/h1-5,12-13H,6-10H2/t12-/m0/s1. The highest BCUT2D eigenvalue weighted by Crippen LogP contribution is 2.36. The average molecular weight is 319 g/mol. The van der Waals surface area contributed by atoms with Crippen LogP contribution in [-0.2, 0) is 10.0 Å². The third-order valence-electron chi connectivity index (χ3n) is 4.28. The van der Waals surface area contributed by atoms with Crippen LogP contribution >= 0.6 is 0 Å². The van der Waals surface area contributed by atoms with Crippen molar-refractivity contribution in [1.29, 1.82) is 0 Å². The van der Waals surface area contributed by atoms with E-state index in [0.717, 1.165) is 24.8 Å². The predicted molar refractivity (Wildman–Crippen MR) is 80.6 cm³/mol. The SMILES string of the molecule is O=S(=O)(C1CC1)N1CC[C@H](c2nc(-c3ccccc3)no2)C1. The number of rotatable bonds is 4. The third kappa shape index (κ3) is 2.44. The molecule has 6 nitrogen and oxygen atoms in total. The lowest BCUT2D eigenvalue weighted by molar-refractivity contribution is 0.354. The molecule has 1 saturated heterocycles. The van der Waals surface area contributed by atoms with Gasteiger partial charge in [0.25, 0.3) is 0 Å². The van der Waals surface area contributed by atoms with E-state index in [4.69, 9.17) is 4.52 Å². The van der Waals surface area contributed by atoms with Crippen LogP contribution in [0.15, 0.2) is 34.9 Å². The lowest BCUT2D eigenvalue weighted by Gasteiger charge is -2.14. The normalized spacial score (nSPS) is 23.0. The van der Waals surface area contributed by atoms with Crippen LogP contribution in [0.4, 0.5) is 0 Å². The molecule has 22 heavy (non-hydrogen) atoms. The first kappa shape index (κ1) is 13.9. The Labute approximate surface area is 129 Å². The maximum absolute atomic E-state index is 12.3. The molecule has 1 saturated carbocycles. The second-order valence-electron chi connectivity index (χ2n) is 5.91. The van der Waals surface area contributed by atoms with Gasteiger partial charge in [-0.15, -0.1) is 0 Å². The summed E-state index contributed by atoms with van der Waals surface area (Å²) < 4.78 is 31.5. The Bertz CT molecular complexity index is 768. The van der Waals surface area contributed by atoms with E-state index in [1.54, 1.807) is 4.31 Å². The van der Waals surface area contributed by atoms with Crippen molar-refractivity contribution >= 4 is 10.0 Å². The zero-order valence-corrected chi connectivity index (χ0v) is 12.9. The minimum absolute atomic E-state index is 0.00140. The Hall–Kier alpha value is -1.73. The van der Waals surface area contributed by atoms with Gasteiger partial charge < -0.3 is 4.52 Å². The number of benzene rings is 1. The van der Waals surface area contributed by atoms with Crippen molar-refractivity contribution in [1.82, 2.24) is 14.4 Å². The summed E-state index contributed by atoms with van der Waals surface area (Å²) in [5, 5.41) is 3.85. The number of nitrogens with zero attached hydrogens (tertiary/aromatic N) is 3. The maximum atomic E-state index is 12.3. The molecule has 0 spiro atoms. The fraction of sp³-hybridized carbons (Fsp3) is 0.467. The zero-order chi connectivity index (χ0) is 15.2. The van der Waals surface area contributed by atoms with Gasteiger partial charge in [-0.25, -0.2) is 12.7 Å². The fourth-order valence-electron chi connectivity index (χ4n) is 2.84. The van der Waals surface area contributed by atoms with Gasteiger partial charge >= 0.3 is 0 Å². The van der Waals surface area contributed by atoms with E-state index >= 15 is 0 Å².